The van der Waals surface area contributed by atoms with Gasteiger partial charge >= 0.3 is 0 Å². The van der Waals surface area contributed by atoms with Gasteiger partial charge in [0.25, 0.3) is 0 Å². The molecule has 0 aliphatic rings. The van der Waals surface area contributed by atoms with Gasteiger partial charge in [0, 0.05) is 5.02 Å². The minimum absolute atomic E-state index is 0.338. The normalized spacial score (nSPS) is 9.65. The van der Waals surface area contributed by atoms with E-state index in [0.29, 0.717) is 27.8 Å². The van der Waals surface area contributed by atoms with E-state index in [9.17, 15) is 0 Å². The Hall–Kier alpha value is -2.18. The van der Waals surface area contributed by atoms with Crippen LogP contribution in [0.15, 0.2) is 42.5 Å². The van der Waals surface area contributed by atoms with Crippen molar-refractivity contribution in [2.75, 3.05) is 5.73 Å². The number of nitrogens with two attached hydrogens (primary N) is 1. The van der Waals surface area contributed by atoms with Gasteiger partial charge in [0.05, 0.1) is 11.3 Å². The first-order valence-corrected chi connectivity index (χ1v) is 5.30. The van der Waals surface area contributed by atoms with Gasteiger partial charge in [-0.25, -0.2) is 0 Å². The van der Waals surface area contributed by atoms with Gasteiger partial charge in [0.2, 0.25) is 0 Å². The third-order valence-electron chi connectivity index (χ3n) is 2.23. The molecular weight excluding hydrogens is 236 g/mol. The molecule has 0 saturated heterocycles. The molecule has 17 heavy (non-hydrogen) atoms. The highest BCUT2D eigenvalue weighted by atomic mass is 35.5. The molecule has 0 radical (unpaired) electrons. The van der Waals surface area contributed by atoms with Crippen molar-refractivity contribution in [2.24, 2.45) is 0 Å². The van der Waals surface area contributed by atoms with E-state index in [4.69, 9.17) is 27.3 Å². The topological polar surface area (TPSA) is 59.0 Å². The van der Waals surface area contributed by atoms with Gasteiger partial charge in [0.1, 0.15) is 11.8 Å². The summed E-state index contributed by atoms with van der Waals surface area (Å²) in [5.41, 5.74) is 6.54. The number of ether oxygens (including phenoxy) is 1. The molecule has 0 aromatic heterocycles. The van der Waals surface area contributed by atoms with Crippen LogP contribution in [0.2, 0.25) is 5.02 Å². The van der Waals surface area contributed by atoms with E-state index < -0.39 is 0 Å². The predicted octanol–water partition coefficient (Wildman–Crippen LogP) is 3.59. The highest BCUT2D eigenvalue weighted by Gasteiger charge is 2.06. The molecule has 84 valence electrons. The van der Waals surface area contributed by atoms with Crippen molar-refractivity contribution >= 4 is 17.3 Å². The Morgan fingerprint density at radius 2 is 1.82 bits per heavy atom. The number of rotatable bonds is 2. The number of anilines is 1. The van der Waals surface area contributed by atoms with E-state index >= 15 is 0 Å². The van der Waals surface area contributed by atoms with Crippen molar-refractivity contribution < 1.29 is 4.74 Å². The number of hydrogen-bond donors (Lipinski definition) is 1. The van der Waals surface area contributed by atoms with Crippen molar-refractivity contribution in [3.63, 3.8) is 0 Å². The molecule has 0 aliphatic carbocycles. The van der Waals surface area contributed by atoms with Gasteiger partial charge in [-0.1, -0.05) is 17.7 Å². The second kappa shape index (κ2) is 4.77. The molecule has 0 aliphatic heterocycles. The summed E-state index contributed by atoms with van der Waals surface area (Å²) in [7, 11) is 0. The van der Waals surface area contributed by atoms with E-state index in [2.05, 4.69) is 0 Å². The van der Waals surface area contributed by atoms with Crippen molar-refractivity contribution in [3.8, 4) is 17.6 Å². The van der Waals surface area contributed by atoms with Gasteiger partial charge in [-0.15, -0.1) is 0 Å². The van der Waals surface area contributed by atoms with Crippen LogP contribution in [0.5, 0.6) is 11.5 Å². The molecule has 0 bridgehead atoms. The predicted molar refractivity (Wildman–Crippen MR) is 67.1 cm³/mol. The Balaban J connectivity index is 2.31. The van der Waals surface area contributed by atoms with Crippen molar-refractivity contribution in [1.29, 1.82) is 5.26 Å². The number of nitriles is 1. The fourth-order valence-electron chi connectivity index (χ4n) is 1.36. The minimum Gasteiger partial charge on any atom is -0.455 e. The molecule has 2 rings (SSSR count). The van der Waals surface area contributed by atoms with E-state index in [-0.39, 0.29) is 0 Å². The summed E-state index contributed by atoms with van der Waals surface area (Å²) < 4.78 is 5.57. The van der Waals surface area contributed by atoms with E-state index in [1.165, 1.54) is 0 Å². The average molecular weight is 245 g/mol. The van der Waals surface area contributed by atoms with Gasteiger partial charge in [-0.05, 0) is 36.4 Å². The highest BCUT2D eigenvalue weighted by Crippen LogP contribution is 2.30. The van der Waals surface area contributed by atoms with E-state index in [1.807, 2.05) is 6.07 Å². The Kier molecular flexibility index (Phi) is 3.17. The van der Waals surface area contributed by atoms with E-state index in [0.717, 1.165) is 0 Å². The summed E-state index contributed by atoms with van der Waals surface area (Å²) in [5.74, 6) is 1.09. The zero-order chi connectivity index (χ0) is 12.3. The lowest BCUT2D eigenvalue weighted by atomic mass is 10.2. The minimum atomic E-state index is 0.338. The maximum atomic E-state index is 8.84. The number of halogens is 1. The first kappa shape index (κ1) is 11.3. The van der Waals surface area contributed by atoms with Crippen LogP contribution in [-0.4, -0.2) is 0 Å². The van der Waals surface area contributed by atoms with Gasteiger partial charge in [0.15, 0.2) is 5.75 Å². The monoisotopic (exact) mass is 244 g/mol. The molecular formula is C13H9ClN2O. The molecule has 0 amide bonds. The van der Waals surface area contributed by atoms with Crippen molar-refractivity contribution in [1.82, 2.24) is 0 Å². The zero-order valence-corrected chi connectivity index (χ0v) is 9.61. The molecule has 2 aromatic carbocycles. The summed E-state index contributed by atoms with van der Waals surface area (Å²) in [4.78, 5) is 0. The van der Waals surface area contributed by atoms with Crippen LogP contribution in [0.1, 0.15) is 5.56 Å². The van der Waals surface area contributed by atoms with Crippen LogP contribution in [0.25, 0.3) is 0 Å². The smallest absolute Gasteiger partial charge is 0.151 e. The number of benzene rings is 2. The second-order valence-corrected chi connectivity index (χ2v) is 3.82. The van der Waals surface area contributed by atoms with Crippen LogP contribution in [0.4, 0.5) is 5.69 Å². The largest absolute Gasteiger partial charge is 0.455 e. The molecule has 0 spiro atoms. The summed E-state index contributed by atoms with van der Waals surface area (Å²) in [6.45, 7) is 0. The Bertz CT molecular complexity index is 573. The summed E-state index contributed by atoms with van der Waals surface area (Å²) in [6.07, 6.45) is 0. The number of nitrogens with zero attached hydrogens (tertiary/aromatic N) is 1. The lowest BCUT2D eigenvalue weighted by Gasteiger charge is -2.09. The Morgan fingerprint density at radius 3 is 2.47 bits per heavy atom. The molecule has 0 unspecified atom stereocenters. The molecule has 0 saturated carbocycles. The second-order valence-electron chi connectivity index (χ2n) is 3.39. The fourth-order valence-corrected chi connectivity index (χ4v) is 1.49. The molecule has 0 heterocycles. The van der Waals surface area contributed by atoms with Gasteiger partial charge < -0.3 is 10.5 Å². The molecule has 0 fully saturated rings. The van der Waals surface area contributed by atoms with Gasteiger partial charge in [-0.3, -0.25) is 0 Å². The number of para-hydroxylation sites is 1. The van der Waals surface area contributed by atoms with Crippen molar-refractivity contribution in [2.45, 2.75) is 0 Å². The third kappa shape index (κ3) is 2.49. The van der Waals surface area contributed by atoms with Gasteiger partial charge in [-0.2, -0.15) is 5.26 Å². The van der Waals surface area contributed by atoms with Crippen LogP contribution < -0.4 is 10.5 Å². The summed E-state index contributed by atoms with van der Waals surface area (Å²) in [6, 6.07) is 14.0. The maximum absolute atomic E-state index is 8.84. The molecule has 4 heteroatoms. The highest BCUT2D eigenvalue weighted by molar-refractivity contribution is 6.30. The lowest BCUT2D eigenvalue weighted by molar-refractivity contribution is 0.485. The van der Waals surface area contributed by atoms with Crippen LogP contribution in [-0.2, 0) is 0 Å². The number of nitrogen functional groups attached to an aromatic ring is 1. The average Bonchev–Trinajstić information content (AvgIpc) is 2.35. The van der Waals surface area contributed by atoms with Crippen LogP contribution >= 0.6 is 11.6 Å². The third-order valence-corrected chi connectivity index (χ3v) is 2.48. The van der Waals surface area contributed by atoms with Crippen molar-refractivity contribution in [3.05, 3.63) is 53.1 Å². The molecule has 2 aromatic rings. The maximum Gasteiger partial charge on any atom is 0.151 e. The van der Waals surface area contributed by atoms with E-state index in [1.54, 1.807) is 42.5 Å². The quantitative estimate of drug-likeness (QED) is 0.822. The number of hydrogen-bond acceptors (Lipinski definition) is 3. The molecule has 3 nitrogen and oxygen atoms in total. The van der Waals surface area contributed by atoms with Crippen LogP contribution in [0.3, 0.4) is 0 Å². The molecule has 0 atom stereocenters. The first-order chi connectivity index (χ1) is 8.20. The Labute approximate surface area is 104 Å². The first-order valence-electron chi connectivity index (χ1n) is 4.92. The summed E-state index contributed by atoms with van der Waals surface area (Å²) in [5, 5.41) is 9.48. The fraction of sp³-hybridized carbons (Fsp3) is 0. The lowest BCUT2D eigenvalue weighted by Crippen LogP contribution is -1.95. The Morgan fingerprint density at radius 1 is 1.12 bits per heavy atom. The standard InChI is InChI=1S/C13H9ClN2O/c14-10-4-6-11(7-5-10)17-12-3-1-2-9(8-15)13(12)16/h1-7H,16H2. The molecule has 2 N–H and O–H groups in total. The zero-order valence-electron chi connectivity index (χ0n) is 8.85. The summed E-state index contributed by atoms with van der Waals surface area (Å²) >= 11 is 5.77. The van der Waals surface area contributed by atoms with Crippen LogP contribution in [0, 0.1) is 11.3 Å². The SMILES string of the molecule is N#Cc1cccc(Oc2ccc(Cl)cc2)c1N.